The molecule has 0 N–H and O–H groups in total. The van der Waals surface area contributed by atoms with Crippen molar-refractivity contribution in [3.05, 3.63) is 71.8 Å². The number of allylic oxidation sites excluding steroid dienone is 1. The van der Waals surface area contributed by atoms with E-state index in [2.05, 4.69) is 24.3 Å². The van der Waals surface area contributed by atoms with Gasteiger partial charge < -0.3 is 4.74 Å². The van der Waals surface area contributed by atoms with Gasteiger partial charge in [0.15, 0.2) is 0 Å². The summed E-state index contributed by atoms with van der Waals surface area (Å²) in [4.78, 5) is 10.8. The van der Waals surface area contributed by atoms with E-state index < -0.39 is 0 Å². The topological polar surface area (TPSA) is 26.3 Å². The first-order chi connectivity index (χ1) is 9.24. The zero-order valence-corrected chi connectivity index (χ0v) is 10.9. The molecule has 0 saturated heterocycles. The van der Waals surface area contributed by atoms with Crippen molar-refractivity contribution < 1.29 is 9.53 Å². The molecule has 2 heteroatoms. The van der Waals surface area contributed by atoms with Crippen LogP contribution in [0.5, 0.6) is 5.75 Å². The monoisotopic (exact) mass is 252 g/mol. The van der Waals surface area contributed by atoms with E-state index in [4.69, 9.17) is 4.74 Å². The van der Waals surface area contributed by atoms with Gasteiger partial charge in [-0.2, -0.15) is 0 Å². The molecule has 96 valence electrons. The van der Waals surface area contributed by atoms with E-state index in [0.717, 1.165) is 12.0 Å². The van der Waals surface area contributed by atoms with Gasteiger partial charge in [-0.05, 0) is 29.7 Å². The minimum absolute atomic E-state index is 0.299. The van der Waals surface area contributed by atoms with Crippen molar-refractivity contribution in [1.29, 1.82) is 0 Å². The minimum atomic E-state index is -0.299. The fourth-order valence-corrected chi connectivity index (χ4v) is 1.76. The molecule has 0 amide bonds. The molecular formula is C17H16O2. The lowest BCUT2D eigenvalue weighted by atomic mass is 10.1. The van der Waals surface area contributed by atoms with Crippen LogP contribution >= 0.6 is 0 Å². The fourth-order valence-electron chi connectivity index (χ4n) is 1.76. The molecule has 0 atom stereocenters. The summed E-state index contributed by atoms with van der Waals surface area (Å²) in [5, 5.41) is 0. The summed E-state index contributed by atoms with van der Waals surface area (Å²) >= 11 is 0. The highest BCUT2D eigenvalue weighted by Crippen LogP contribution is 2.13. The van der Waals surface area contributed by atoms with E-state index in [1.165, 1.54) is 12.5 Å². The van der Waals surface area contributed by atoms with Crippen molar-refractivity contribution in [3.8, 4) is 5.75 Å². The second kappa shape index (κ2) is 6.55. The normalized spacial score (nSPS) is 10.6. The Morgan fingerprint density at radius 1 is 1.05 bits per heavy atom. The van der Waals surface area contributed by atoms with Crippen LogP contribution in [0.25, 0.3) is 6.08 Å². The summed E-state index contributed by atoms with van der Waals surface area (Å²) in [6.45, 7) is 1.40. The van der Waals surface area contributed by atoms with E-state index in [9.17, 15) is 4.79 Å². The summed E-state index contributed by atoms with van der Waals surface area (Å²) in [7, 11) is 0. The molecule has 19 heavy (non-hydrogen) atoms. The van der Waals surface area contributed by atoms with E-state index in [1.807, 2.05) is 30.3 Å². The third-order valence-corrected chi connectivity index (χ3v) is 2.65. The molecule has 2 aromatic rings. The van der Waals surface area contributed by atoms with Gasteiger partial charge in [-0.1, -0.05) is 54.6 Å². The van der Waals surface area contributed by atoms with Crippen LogP contribution in [0.2, 0.25) is 0 Å². The third kappa shape index (κ3) is 4.43. The Hall–Kier alpha value is -2.35. The lowest BCUT2D eigenvalue weighted by Crippen LogP contribution is -2.00. The maximum Gasteiger partial charge on any atom is 0.308 e. The highest BCUT2D eigenvalue weighted by molar-refractivity contribution is 5.69. The fraction of sp³-hybridized carbons (Fsp3) is 0.118. The van der Waals surface area contributed by atoms with Crippen LogP contribution < -0.4 is 4.74 Å². The first kappa shape index (κ1) is 13.1. The Morgan fingerprint density at radius 3 is 2.37 bits per heavy atom. The molecule has 0 radical (unpaired) electrons. The van der Waals surface area contributed by atoms with Crippen molar-refractivity contribution in [2.45, 2.75) is 13.3 Å². The second-order valence-electron chi connectivity index (χ2n) is 4.25. The zero-order chi connectivity index (χ0) is 13.5. The van der Waals surface area contributed by atoms with Crippen molar-refractivity contribution >= 4 is 12.0 Å². The number of carbonyl (C=O) groups is 1. The molecule has 0 aromatic heterocycles. The summed E-state index contributed by atoms with van der Waals surface area (Å²) in [6, 6.07) is 17.8. The molecule has 2 rings (SSSR count). The molecule has 0 aliphatic rings. The SMILES string of the molecule is CC(=O)Oc1ccc(C=CCc2ccccc2)cc1. The third-order valence-electron chi connectivity index (χ3n) is 2.65. The van der Waals surface area contributed by atoms with Gasteiger partial charge in [0.25, 0.3) is 0 Å². The number of hydrogen-bond acceptors (Lipinski definition) is 2. The summed E-state index contributed by atoms with van der Waals surface area (Å²) in [5.41, 5.74) is 2.38. The van der Waals surface area contributed by atoms with E-state index in [1.54, 1.807) is 12.1 Å². The van der Waals surface area contributed by atoms with Gasteiger partial charge in [0.2, 0.25) is 0 Å². The smallest absolute Gasteiger partial charge is 0.308 e. The van der Waals surface area contributed by atoms with Crippen LogP contribution in [0.15, 0.2) is 60.7 Å². The predicted molar refractivity (Wildman–Crippen MR) is 76.9 cm³/mol. The molecule has 0 fully saturated rings. The van der Waals surface area contributed by atoms with Crippen LogP contribution in [0.4, 0.5) is 0 Å². The largest absolute Gasteiger partial charge is 0.427 e. The lowest BCUT2D eigenvalue weighted by Gasteiger charge is -2.01. The van der Waals surface area contributed by atoms with E-state index in [0.29, 0.717) is 5.75 Å². The van der Waals surface area contributed by atoms with Gasteiger partial charge in [-0.15, -0.1) is 0 Å². The highest BCUT2D eigenvalue weighted by atomic mass is 16.5. The van der Waals surface area contributed by atoms with Gasteiger partial charge in [0, 0.05) is 6.92 Å². The van der Waals surface area contributed by atoms with E-state index >= 15 is 0 Å². The molecule has 0 spiro atoms. The average Bonchev–Trinajstić information content (AvgIpc) is 2.41. The van der Waals surface area contributed by atoms with Crippen LogP contribution in [0, 0.1) is 0 Å². The van der Waals surface area contributed by atoms with Crippen LogP contribution in [0.3, 0.4) is 0 Å². The first-order valence-corrected chi connectivity index (χ1v) is 6.23. The number of ether oxygens (including phenoxy) is 1. The van der Waals surface area contributed by atoms with Crippen molar-refractivity contribution in [3.63, 3.8) is 0 Å². The zero-order valence-electron chi connectivity index (χ0n) is 10.9. The molecule has 0 saturated carbocycles. The van der Waals surface area contributed by atoms with Crippen LogP contribution in [-0.2, 0) is 11.2 Å². The minimum Gasteiger partial charge on any atom is -0.427 e. The number of benzene rings is 2. The molecule has 0 heterocycles. The summed E-state index contributed by atoms with van der Waals surface area (Å²) in [6.07, 6.45) is 5.09. The second-order valence-corrected chi connectivity index (χ2v) is 4.25. The Balaban J connectivity index is 1.94. The Labute approximate surface area is 113 Å². The number of carbonyl (C=O) groups excluding carboxylic acids is 1. The van der Waals surface area contributed by atoms with Crippen LogP contribution in [0.1, 0.15) is 18.1 Å². The number of hydrogen-bond donors (Lipinski definition) is 0. The average molecular weight is 252 g/mol. The quantitative estimate of drug-likeness (QED) is 0.610. The maximum atomic E-state index is 10.8. The van der Waals surface area contributed by atoms with Crippen molar-refractivity contribution in [2.75, 3.05) is 0 Å². The maximum absolute atomic E-state index is 10.8. The van der Waals surface area contributed by atoms with Gasteiger partial charge in [-0.3, -0.25) is 4.79 Å². The number of esters is 1. The summed E-state index contributed by atoms with van der Waals surface area (Å²) < 4.78 is 4.98. The van der Waals surface area contributed by atoms with Gasteiger partial charge in [-0.25, -0.2) is 0 Å². The van der Waals surface area contributed by atoms with Crippen molar-refractivity contribution in [2.24, 2.45) is 0 Å². The van der Waals surface area contributed by atoms with Gasteiger partial charge >= 0.3 is 5.97 Å². The van der Waals surface area contributed by atoms with Crippen molar-refractivity contribution in [1.82, 2.24) is 0 Å². The molecule has 0 unspecified atom stereocenters. The molecule has 0 aliphatic heterocycles. The lowest BCUT2D eigenvalue weighted by molar-refractivity contribution is -0.131. The Kier molecular flexibility index (Phi) is 4.51. The van der Waals surface area contributed by atoms with Crippen LogP contribution in [-0.4, -0.2) is 5.97 Å². The molecule has 2 nitrogen and oxygen atoms in total. The van der Waals surface area contributed by atoms with Gasteiger partial charge in [0.1, 0.15) is 5.75 Å². The molecule has 0 bridgehead atoms. The first-order valence-electron chi connectivity index (χ1n) is 6.23. The highest BCUT2D eigenvalue weighted by Gasteiger charge is 1.96. The molecule has 2 aromatic carbocycles. The molecule has 0 aliphatic carbocycles. The Morgan fingerprint density at radius 2 is 1.74 bits per heavy atom. The van der Waals surface area contributed by atoms with Gasteiger partial charge in [0.05, 0.1) is 0 Å². The standard InChI is InChI=1S/C17H16O2/c1-14(18)19-17-12-10-16(11-13-17)9-5-8-15-6-3-2-4-7-15/h2-7,9-13H,8H2,1H3. The predicted octanol–water partition coefficient (Wildman–Crippen LogP) is 3.87. The summed E-state index contributed by atoms with van der Waals surface area (Å²) in [5.74, 6) is 0.278. The van der Waals surface area contributed by atoms with E-state index in [-0.39, 0.29) is 5.97 Å². The molecular weight excluding hydrogens is 236 g/mol. The Bertz CT molecular complexity index is 554. The number of rotatable bonds is 4.